The van der Waals surface area contributed by atoms with E-state index < -0.39 is 5.97 Å². The van der Waals surface area contributed by atoms with E-state index in [1.807, 2.05) is 6.92 Å². The molecule has 1 aliphatic rings. The number of carboxylic acids is 1. The van der Waals surface area contributed by atoms with E-state index in [9.17, 15) is 14.7 Å². The largest absolute Gasteiger partial charge is 0.478 e. The van der Waals surface area contributed by atoms with E-state index in [1.54, 1.807) is 17.0 Å². The van der Waals surface area contributed by atoms with Crippen molar-refractivity contribution in [3.8, 4) is 0 Å². The van der Waals surface area contributed by atoms with Gasteiger partial charge in [0.05, 0.1) is 11.3 Å². The fraction of sp³-hybridized carbons (Fsp3) is 0.467. The monoisotopic (exact) mass is 354 g/mol. The molecule has 0 spiro atoms. The topological polar surface area (TPSA) is 69.6 Å². The number of anilines is 1. The predicted molar refractivity (Wildman–Crippen MR) is 84.8 cm³/mol. The summed E-state index contributed by atoms with van der Waals surface area (Å²) in [7, 11) is 0. The quantitative estimate of drug-likeness (QED) is 0.844. The first-order valence-electron chi connectivity index (χ1n) is 7.09. The first-order chi connectivity index (χ1) is 9.99. The third-order valence-electron chi connectivity index (χ3n) is 3.77. The standard InChI is InChI=1S/C15H19BrN2O3/c1-10-5-3-2-4-8-18(10)15(21)17-13-7-6-11(16)9-12(13)14(19)20/h6-7,9-10H,2-5,8H2,1H3,(H,17,21)(H,19,20). The fourth-order valence-electron chi connectivity index (χ4n) is 2.57. The van der Waals surface area contributed by atoms with E-state index >= 15 is 0 Å². The number of carbonyl (C=O) groups excluding carboxylic acids is 1. The smallest absolute Gasteiger partial charge is 0.337 e. The average molecular weight is 355 g/mol. The molecule has 0 saturated carbocycles. The summed E-state index contributed by atoms with van der Waals surface area (Å²) in [5.41, 5.74) is 0.410. The highest BCUT2D eigenvalue weighted by molar-refractivity contribution is 9.10. The Hall–Kier alpha value is -1.56. The number of rotatable bonds is 2. The van der Waals surface area contributed by atoms with E-state index in [1.165, 1.54) is 6.07 Å². The number of nitrogens with one attached hydrogen (secondary N) is 1. The SMILES string of the molecule is CC1CCCCCN1C(=O)Nc1ccc(Br)cc1C(=O)O. The van der Waals surface area contributed by atoms with Crippen molar-refractivity contribution < 1.29 is 14.7 Å². The van der Waals surface area contributed by atoms with Crippen molar-refractivity contribution in [3.05, 3.63) is 28.2 Å². The van der Waals surface area contributed by atoms with Crippen molar-refractivity contribution in [1.82, 2.24) is 4.90 Å². The zero-order valence-electron chi connectivity index (χ0n) is 11.9. The highest BCUT2D eigenvalue weighted by Gasteiger charge is 2.23. The molecule has 114 valence electrons. The molecule has 0 aliphatic carbocycles. The lowest BCUT2D eigenvalue weighted by Gasteiger charge is -2.27. The number of amides is 2. The van der Waals surface area contributed by atoms with Gasteiger partial charge in [0.2, 0.25) is 0 Å². The second-order valence-corrected chi connectivity index (χ2v) is 6.23. The van der Waals surface area contributed by atoms with E-state index in [-0.39, 0.29) is 17.6 Å². The summed E-state index contributed by atoms with van der Waals surface area (Å²) in [4.78, 5) is 25.5. The van der Waals surface area contributed by atoms with Crippen molar-refractivity contribution in [3.63, 3.8) is 0 Å². The molecule has 5 nitrogen and oxygen atoms in total. The maximum absolute atomic E-state index is 12.4. The van der Waals surface area contributed by atoms with Crippen LogP contribution in [0.4, 0.5) is 10.5 Å². The summed E-state index contributed by atoms with van der Waals surface area (Å²) < 4.78 is 0.668. The molecule has 0 radical (unpaired) electrons. The van der Waals surface area contributed by atoms with Crippen LogP contribution in [0.1, 0.15) is 43.0 Å². The molecule has 6 heteroatoms. The molecule has 2 rings (SSSR count). The van der Waals surface area contributed by atoms with E-state index in [2.05, 4.69) is 21.2 Å². The van der Waals surface area contributed by atoms with Crippen molar-refractivity contribution in [2.45, 2.75) is 38.6 Å². The van der Waals surface area contributed by atoms with Gasteiger partial charge >= 0.3 is 12.0 Å². The zero-order valence-corrected chi connectivity index (χ0v) is 13.5. The summed E-state index contributed by atoms with van der Waals surface area (Å²) in [6.45, 7) is 2.75. The van der Waals surface area contributed by atoms with Crippen LogP contribution in [0.2, 0.25) is 0 Å². The van der Waals surface area contributed by atoms with E-state index in [0.29, 0.717) is 16.7 Å². The predicted octanol–water partition coefficient (Wildman–Crippen LogP) is 3.94. The van der Waals surface area contributed by atoms with Crippen LogP contribution in [0.3, 0.4) is 0 Å². The summed E-state index contributed by atoms with van der Waals surface area (Å²) >= 11 is 3.24. The van der Waals surface area contributed by atoms with Gasteiger partial charge in [-0.2, -0.15) is 0 Å². The lowest BCUT2D eigenvalue weighted by atomic mass is 10.1. The van der Waals surface area contributed by atoms with Crippen LogP contribution in [-0.2, 0) is 0 Å². The van der Waals surface area contributed by atoms with Gasteiger partial charge < -0.3 is 15.3 Å². The number of hydrogen-bond acceptors (Lipinski definition) is 2. The first-order valence-corrected chi connectivity index (χ1v) is 7.89. The van der Waals surface area contributed by atoms with Crippen molar-refractivity contribution >= 4 is 33.6 Å². The second-order valence-electron chi connectivity index (χ2n) is 5.32. The lowest BCUT2D eigenvalue weighted by Crippen LogP contribution is -2.41. The number of nitrogens with zero attached hydrogens (tertiary/aromatic N) is 1. The number of benzene rings is 1. The Morgan fingerprint density at radius 3 is 2.81 bits per heavy atom. The van der Waals surface area contributed by atoms with Crippen LogP contribution in [0.25, 0.3) is 0 Å². The molecule has 1 aromatic carbocycles. The van der Waals surface area contributed by atoms with Gasteiger partial charge in [0.15, 0.2) is 0 Å². The number of carbonyl (C=O) groups is 2. The molecule has 1 unspecified atom stereocenters. The molecular weight excluding hydrogens is 336 g/mol. The number of urea groups is 1. The van der Waals surface area contributed by atoms with E-state index in [0.717, 1.165) is 25.7 Å². The van der Waals surface area contributed by atoms with Crippen LogP contribution in [0.5, 0.6) is 0 Å². The third kappa shape index (κ3) is 3.97. The number of aromatic carboxylic acids is 1. The normalized spacial score (nSPS) is 19.0. The molecule has 2 N–H and O–H groups in total. The average Bonchev–Trinajstić information content (AvgIpc) is 2.65. The minimum atomic E-state index is -1.06. The Morgan fingerprint density at radius 1 is 1.33 bits per heavy atom. The summed E-state index contributed by atoms with van der Waals surface area (Å²) in [6, 6.07) is 4.76. The lowest BCUT2D eigenvalue weighted by molar-refractivity contribution is 0.0698. The van der Waals surface area contributed by atoms with Crippen molar-refractivity contribution in [2.75, 3.05) is 11.9 Å². The Balaban J connectivity index is 2.17. The molecule has 1 atom stereocenters. The third-order valence-corrected chi connectivity index (χ3v) is 4.26. The molecule has 1 aliphatic heterocycles. The molecule has 21 heavy (non-hydrogen) atoms. The summed E-state index contributed by atoms with van der Waals surface area (Å²) in [6.07, 6.45) is 4.24. The Bertz CT molecular complexity index is 548. The van der Waals surface area contributed by atoms with E-state index in [4.69, 9.17) is 0 Å². The molecule has 0 bridgehead atoms. The van der Waals surface area contributed by atoms with Gasteiger partial charge in [0.25, 0.3) is 0 Å². The molecule has 1 saturated heterocycles. The molecule has 1 aromatic rings. The minimum absolute atomic E-state index is 0.0835. The summed E-state index contributed by atoms with van der Waals surface area (Å²) in [5, 5.41) is 12.0. The number of likely N-dealkylation sites (tertiary alicyclic amines) is 1. The van der Waals surface area contributed by atoms with Crippen LogP contribution >= 0.6 is 15.9 Å². The van der Waals surface area contributed by atoms with Gasteiger partial charge in [0.1, 0.15) is 0 Å². The van der Waals surface area contributed by atoms with Gasteiger partial charge in [-0.05, 0) is 38.0 Å². The fourth-order valence-corrected chi connectivity index (χ4v) is 2.93. The van der Waals surface area contributed by atoms with Crippen molar-refractivity contribution in [1.29, 1.82) is 0 Å². The van der Waals surface area contributed by atoms with Gasteiger partial charge in [0, 0.05) is 17.1 Å². The highest BCUT2D eigenvalue weighted by Crippen LogP contribution is 2.23. The highest BCUT2D eigenvalue weighted by atomic mass is 79.9. The molecule has 1 fully saturated rings. The van der Waals surface area contributed by atoms with Crippen LogP contribution < -0.4 is 5.32 Å². The van der Waals surface area contributed by atoms with Crippen molar-refractivity contribution in [2.24, 2.45) is 0 Å². The molecular formula is C15H19BrN2O3. The molecule has 0 aromatic heterocycles. The maximum atomic E-state index is 12.4. The van der Waals surface area contributed by atoms with Crippen LogP contribution in [0.15, 0.2) is 22.7 Å². The first kappa shape index (κ1) is 15.8. The van der Waals surface area contributed by atoms with Crippen LogP contribution in [0, 0.1) is 0 Å². The summed E-state index contributed by atoms with van der Waals surface area (Å²) in [5.74, 6) is -1.06. The van der Waals surface area contributed by atoms with Gasteiger partial charge in [-0.3, -0.25) is 0 Å². The number of hydrogen-bond donors (Lipinski definition) is 2. The number of carboxylic acid groups (broad SMARTS) is 1. The number of halogens is 1. The Labute approximate surface area is 132 Å². The van der Waals surface area contributed by atoms with Gasteiger partial charge in [-0.1, -0.05) is 28.8 Å². The Morgan fingerprint density at radius 2 is 2.10 bits per heavy atom. The zero-order chi connectivity index (χ0) is 15.4. The second kappa shape index (κ2) is 6.93. The minimum Gasteiger partial charge on any atom is -0.478 e. The Kier molecular flexibility index (Phi) is 5.22. The molecule has 1 heterocycles. The van der Waals surface area contributed by atoms with Gasteiger partial charge in [-0.15, -0.1) is 0 Å². The van der Waals surface area contributed by atoms with Crippen LogP contribution in [-0.4, -0.2) is 34.6 Å². The molecule has 2 amide bonds. The maximum Gasteiger partial charge on any atom is 0.337 e. The van der Waals surface area contributed by atoms with Gasteiger partial charge in [-0.25, -0.2) is 9.59 Å².